The number of rotatable bonds is 4. The minimum absolute atomic E-state index is 0.365. The lowest BCUT2D eigenvalue weighted by Crippen LogP contribution is -2.15. The Labute approximate surface area is 121 Å². The molecule has 21 heavy (non-hydrogen) atoms. The van der Waals surface area contributed by atoms with Crippen LogP contribution in [0.25, 0.3) is 11.1 Å². The zero-order valence-electron chi connectivity index (χ0n) is 11.2. The van der Waals surface area contributed by atoms with Crippen LogP contribution in [0.5, 0.6) is 17.2 Å². The van der Waals surface area contributed by atoms with Crippen molar-refractivity contribution in [3.8, 4) is 28.4 Å². The molecule has 0 spiro atoms. The first kappa shape index (κ1) is 13.3. The van der Waals surface area contributed by atoms with E-state index in [1.807, 2.05) is 30.3 Å². The Hall–Kier alpha value is -2.69. The van der Waals surface area contributed by atoms with Crippen LogP contribution in [0.1, 0.15) is 0 Å². The van der Waals surface area contributed by atoms with E-state index in [1.165, 1.54) is 0 Å². The van der Waals surface area contributed by atoms with E-state index in [-0.39, 0.29) is 6.61 Å². The van der Waals surface area contributed by atoms with Gasteiger partial charge in [0, 0.05) is 5.56 Å². The van der Waals surface area contributed by atoms with Gasteiger partial charge in [0.25, 0.3) is 0 Å². The van der Waals surface area contributed by atoms with Crippen molar-refractivity contribution in [1.82, 2.24) is 0 Å². The van der Waals surface area contributed by atoms with Crippen LogP contribution in [0.15, 0.2) is 42.5 Å². The molecule has 0 atom stereocenters. The molecule has 1 heterocycles. The maximum atomic E-state index is 10.6. The van der Waals surface area contributed by atoms with Crippen molar-refractivity contribution in [2.45, 2.75) is 0 Å². The molecule has 0 radical (unpaired) electrons. The monoisotopic (exact) mass is 286 g/mol. The number of para-hydroxylation sites is 1. The highest BCUT2D eigenvalue weighted by Gasteiger charge is 2.16. The Bertz CT molecular complexity index is 665. The SMILES string of the molecule is O=C(O)COc1cccc(-c2cccc3c2OCCO3)c1. The molecule has 1 aliphatic heterocycles. The molecule has 5 nitrogen and oxygen atoms in total. The van der Waals surface area contributed by atoms with Gasteiger partial charge in [0.05, 0.1) is 0 Å². The summed E-state index contributed by atoms with van der Waals surface area (Å²) in [4.78, 5) is 10.6. The molecule has 1 aliphatic rings. The number of carboxylic acid groups (broad SMARTS) is 1. The third kappa shape index (κ3) is 2.91. The van der Waals surface area contributed by atoms with E-state index in [4.69, 9.17) is 19.3 Å². The largest absolute Gasteiger partial charge is 0.486 e. The second-order valence-corrected chi connectivity index (χ2v) is 4.54. The molecule has 108 valence electrons. The van der Waals surface area contributed by atoms with Crippen LogP contribution in [0, 0.1) is 0 Å². The van der Waals surface area contributed by atoms with Crippen LogP contribution in [-0.2, 0) is 4.79 Å². The lowest BCUT2D eigenvalue weighted by atomic mass is 10.0. The molecule has 2 aromatic rings. The van der Waals surface area contributed by atoms with Crippen LogP contribution in [0.2, 0.25) is 0 Å². The van der Waals surface area contributed by atoms with Gasteiger partial charge in [0.2, 0.25) is 0 Å². The van der Waals surface area contributed by atoms with E-state index in [2.05, 4.69) is 0 Å². The maximum Gasteiger partial charge on any atom is 0.341 e. The molecule has 1 N–H and O–H groups in total. The van der Waals surface area contributed by atoms with Gasteiger partial charge in [0.1, 0.15) is 19.0 Å². The minimum atomic E-state index is -1.01. The van der Waals surface area contributed by atoms with Gasteiger partial charge in [-0.05, 0) is 23.8 Å². The summed E-state index contributed by atoms with van der Waals surface area (Å²) in [5, 5.41) is 8.66. The van der Waals surface area contributed by atoms with Crippen molar-refractivity contribution in [3.05, 3.63) is 42.5 Å². The van der Waals surface area contributed by atoms with Gasteiger partial charge in [-0.2, -0.15) is 0 Å². The number of ether oxygens (including phenoxy) is 3. The summed E-state index contributed by atoms with van der Waals surface area (Å²) in [7, 11) is 0. The zero-order chi connectivity index (χ0) is 14.7. The first-order chi connectivity index (χ1) is 10.2. The molecule has 0 aliphatic carbocycles. The van der Waals surface area contributed by atoms with E-state index in [1.54, 1.807) is 12.1 Å². The molecule has 0 unspecified atom stereocenters. The Morgan fingerprint density at radius 3 is 2.81 bits per heavy atom. The van der Waals surface area contributed by atoms with Crippen LogP contribution >= 0.6 is 0 Å². The topological polar surface area (TPSA) is 65.0 Å². The normalized spacial score (nSPS) is 12.8. The Morgan fingerprint density at radius 2 is 1.95 bits per heavy atom. The van der Waals surface area contributed by atoms with Gasteiger partial charge in [-0.1, -0.05) is 24.3 Å². The lowest BCUT2D eigenvalue weighted by molar-refractivity contribution is -0.139. The molecule has 0 saturated heterocycles. The first-order valence-corrected chi connectivity index (χ1v) is 6.58. The summed E-state index contributed by atoms with van der Waals surface area (Å²) < 4.78 is 16.4. The quantitative estimate of drug-likeness (QED) is 0.935. The highest BCUT2D eigenvalue weighted by Crippen LogP contribution is 2.40. The summed E-state index contributed by atoms with van der Waals surface area (Å²) in [6.45, 7) is 0.688. The van der Waals surface area contributed by atoms with Gasteiger partial charge in [-0.15, -0.1) is 0 Å². The van der Waals surface area contributed by atoms with Crippen molar-refractivity contribution in [2.75, 3.05) is 19.8 Å². The van der Waals surface area contributed by atoms with Crippen LogP contribution < -0.4 is 14.2 Å². The van der Waals surface area contributed by atoms with Gasteiger partial charge >= 0.3 is 5.97 Å². The molecule has 0 bridgehead atoms. The second kappa shape index (κ2) is 5.75. The molecule has 3 rings (SSSR count). The summed E-state index contributed by atoms with van der Waals surface area (Å²) in [6.07, 6.45) is 0. The lowest BCUT2D eigenvalue weighted by Gasteiger charge is -2.21. The molecule has 0 aromatic heterocycles. The highest BCUT2D eigenvalue weighted by atomic mass is 16.6. The maximum absolute atomic E-state index is 10.6. The number of benzene rings is 2. The number of carbonyl (C=O) groups is 1. The average molecular weight is 286 g/mol. The van der Waals surface area contributed by atoms with Crippen molar-refractivity contribution < 1.29 is 24.1 Å². The number of fused-ring (bicyclic) bond motifs is 1. The fraction of sp³-hybridized carbons (Fsp3) is 0.188. The minimum Gasteiger partial charge on any atom is -0.486 e. The molecule has 0 saturated carbocycles. The Balaban J connectivity index is 1.93. The third-order valence-electron chi connectivity index (χ3n) is 3.07. The standard InChI is InChI=1S/C16H14O5/c17-15(18)10-21-12-4-1-3-11(9-12)13-5-2-6-14-16(13)20-8-7-19-14/h1-6,9H,7-8,10H2,(H,17,18). The number of aliphatic carboxylic acids is 1. The summed E-state index contributed by atoms with van der Waals surface area (Å²) >= 11 is 0. The van der Waals surface area contributed by atoms with E-state index < -0.39 is 5.97 Å². The zero-order valence-corrected chi connectivity index (χ0v) is 11.2. The second-order valence-electron chi connectivity index (χ2n) is 4.54. The molecule has 2 aromatic carbocycles. The van der Waals surface area contributed by atoms with Crippen LogP contribution in [0.3, 0.4) is 0 Å². The smallest absolute Gasteiger partial charge is 0.341 e. The first-order valence-electron chi connectivity index (χ1n) is 6.58. The fourth-order valence-corrected chi connectivity index (χ4v) is 2.20. The van der Waals surface area contributed by atoms with E-state index in [0.29, 0.717) is 24.7 Å². The predicted molar refractivity (Wildman–Crippen MR) is 76.0 cm³/mol. The average Bonchev–Trinajstić information content (AvgIpc) is 2.52. The Morgan fingerprint density at radius 1 is 1.14 bits per heavy atom. The van der Waals surface area contributed by atoms with Crippen molar-refractivity contribution in [3.63, 3.8) is 0 Å². The van der Waals surface area contributed by atoms with Gasteiger partial charge in [-0.3, -0.25) is 0 Å². The van der Waals surface area contributed by atoms with Crippen LogP contribution in [-0.4, -0.2) is 30.9 Å². The van der Waals surface area contributed by atoms with Gasteiger partial charge in [-0.25, -0.2) is 4.79 Å². The van der Waals surface area contributed by atoms with E-state index >= 15 is 0 Å². The summed E-state index contributed by atoms with van der Waals surface area (Å²) in [5.41, 5.74) is 1.79. The van der Waals surface area contributed by atoms with Gasteiger partial charge in [0.15, 0.2) is 18.1 Å². The molecule has 0 amide bonds. The number of carboxylic acids is 1. The molecule has 0 fully saturated rings. The highest BCUT2D eigenvalue weighted by molar-refractivity contribution is 5.75. The van der Waals surface area contributed by atoms with Crippen LogP contribution in [0.4, 0.5) is 0 Å². The van der Waals surface area contributed by atoms with Crippen molar-refractivity contribution in [2.24, 2.45) is 0 Å². The molecular weight excluding hydrogens is 272 g/mol. The molecule has 5 heteroatoms. The number of hydrogen-bond acceptors (Lipinski definition) is 4. The number of hydrogen-bond donors (Lipinski definition) is 1. The predicted octanol–water partition coefficient (Wildman–Crippen LogP) is 2.59. The summed E-state index contributed by atoms with van der Waals surface area (Å²) in [6, 6.07) is 12.9. The molecular formula is C16H14O5. The van der Waals surface area contributed by atoms with Crippen molar-refractivity contribution >= 4 is 5.97 Å². The Kier molecular flexibility index (Phi) is 3.64. The van der Waals surface area contributed by atoms with E-state index in [0.717, 1.165) is 16.9 Å². The van der Waals surface area contributed by atoms with E-state index in [9.17, 15) is 4.79 Å². The summed E-state index contributed by atoms with van der Waals surface area (Å²) in [5.74, 6) is 0.924. The fourth-order valence-electron chi connectivity index (χ4n) is 2.20. The van der Waals surface area contributed by atoms with Crippen molar-refractivity contribution in [1.29, 1.82) is 0 Å². The third-order valence-corrected chi connectivity index (χ3v) is 3.07. The van der Waals surface area contributed by atoms with Gasteiger partial charge < -0.3 is 19.3 Å².